The van der Waals surface area contributed by atoms with Gasteiger partial charge in [0.1, 0.15) is 5.70 Å². The van der Waals surface area contributed by atoms with Crippen molar-refractivity contribution in [2.45, 2.75) is 0 Å². The monoisotopic (exact) mass is 187 g/mol. The molecule has 0 saturated heterocycles. The molecule has 0 fully saturated rings. The van der Waals surface area contributed by atoms with Crippen molar-refractivity contribution in [3.8, 4) is 0 Å². The second kappa shape index (κ2) is 3.51. The topological polar surface area (TPSA) is 67.8 Å². The first-order chi connectivity index (χ1) is 6.83. The van der Waals surface area contributed by atoms with Crippen LogP contribution in [0.2, 0.25) is 0 Å². The summed E-state index contributed by atoms with van der Waals surface area (Å²) in [5, 5.41) is 7.29. The molecule has 0 aromatic heterocycles. The Balaban J connectivity index is 2.49. The third-order valence-corrected chi connectivity index (χ3v) is 2.04. The first-order valence-corrected chi connectivity index (χ1v) is 4.27. The molecule has 1 aromatic rings. The lowest BCUT2D eigenvalue weighted by Gasteiger charge is -1.99. The van der Waals surface area contributed by atoms with E-state index in [4.69, 9.17) is 5.73 Å². The van der Waals surface area contributed by atoms with Crippen LogP contribution in [0, 0.1) is 0 Å². The molecule has 0 radical (unpaired) electrons. The summed E-state index contributed by atoms with van der Waals surface area (Å²) in [6.07, 6.45) is 0. The number of benzene rings is 1. The van der Waals surface area contributed by atoms with Crippen molar-refractivity contribution in [1.29, 1.82) is 0 Å². The number of amides is 1. The number of carbonyl (C=O) groups is 1. The number of nitrogens with zero attached hydrogens (tertiary/aromatic N) is 2. The molecule has 70 valence electrons. The Morgan fingerprint density at radius 2 is 1.86 bits per heavy atom. The van der Waals surface area contributed by atoms with Gasteiger partial charge in [-0.15, -0.1) is 10.2 Å². The molecule has 0 aliphatic carbocycles. The van der Waals surface area contributed by atoms with Crippen LogP contribution in [0.1, 0.15) is 5.56 Å². The minimum Gasteiger partial charge on any atom is -0.326 e. The molecule has 0 bridgehead atoms. The van der Waals surface area contributed by atoms with E-state index in [2.05, 4.69) is 10.2 Å². The Kier molecular flexibility index (Phi) is 2.20. The van der Waals surface area contributed by atoms with E-state index in [1.54, 1.807) is 0 Å². The molecule has 14 heavy (non-hydrogen) atoms. The molecule has 4 nitrogen and oxygen atoms in total. The van der Waals surface area contributed by atoms with Crippen LogP contribution in [-0.4, -0.2) is 12.5 Å². The van der Waals surface area contributed by atoms with E-state index in [-0.39, 0.29) is 12.5 Å². The minimum atomic E-state index is -0.327. The smallest absolute Gasteiger partial charge is 0.294 e. The third-order valence-electron chi connectivity index (χ3n) is 2.04. The zero-order chi connectivity index (χ0) is 9.97. The molecule has 0 atom stereocenters. The number of azo groups is 1. The van der Waals surface area contributed by atoms with E-state index in [1.165, 1.54) is 0 Å². The number of hydrogen-bond donors (Lipinski definition) is 1. The van der Waals surface area contributed by atoms with Gasteiger partial charge < -0.3 is 5.73 Å². The standard InChI is InChI=1S/C10H9N3O/c11-6-8-9(12-13-10(8)14)7-4-2-1-3-5-7/h1-5H,6,11H2. The van der Waals surface area contributed by atoms with Crippen LogP contribution < -0.4 is 5.73 Å². The van der Waals surface area contributed by atoms with Crippen LogP contribution >= 0.6 is 0 Å². The van der Waals surface area contributed by atoms with E-state index in [9.17, 15) is 4.79 Å². The maximum atomic E-state index is 11.2. The summed E-state index contributed by atoms with van der Waals surface area (Å²) < 4.78 is 0. The summed E-state index contributed by atoms with van der Waals surface area (Å²) in [6, 6.07) is 9.43. The van der Waals surface area contributed by atoms with Crippen molar-refractivity contribution >= 4 is 11.6 Å². The number of hydrogen-bond acceptors (Lipinski definition) is 3. The van der Waals surface area contributed by atoms with Gasteiger partial charge >= 0.3 is 0 Å². The lowest BCUT2D eigenvalue weighted by molar-refractivity contribution is -0.114. The van der Waals surface area contributed by atoms with Gasteiger partial charge in [0, 0.05) is 12.1 Å². The maximum Gasteiger partial charge on any atom is 0.294 e. The molecule has 1 aliphatic heterocycles. The lowest BCUT2D eigenvalue weighted by Crippen LogP contribution is -2.09. The van der Waals surface area contributed by atoms with E-state index in [0.717, 1.165) is 5.56 Å². The first-order valence-electron chi connectivity index (χ1n) is 4.27. The maximum absolute atomic E-state index is 11.2. The highest BCUT2D eigenvalue weighted by molar-refractivity contribution is 6.04. The molecule has 1 amide bonds. The third kappa shape index (κ3) is 1.36. The van der Waals surface area contributed by atoms with Crippen LogP contribution in [0.4, 0.5) is 0 Å². The quantitative estimate of drug-likeness (QED) is 0.759. The minimum absolute atomic E-state index is 0.177. The number of nitrogens with two attached hydrogens (primary N) is 1. The SMILES string of the molecule is NCC1=C(c2ccccc2)N=NC1=O. The Hall–Kier alpha value is -1.81. The Bertz CT molecular complexity index is 420. The Morgan fingerprint density at radius 3 is 2.50 bits per heavy atom. The molecule has 1 aromatic carbocycles. The van der Waals surface area contributed by atoms with Crippen molar-refractivity contribution in [2.24, 2.45) is 16.0 Å². The second-order valence-electron chi connectivity index (χ2n) is 2.90. The van der Waals surface area contributed by atoms with Crippen LogP contribution in [0.3, 0.4) is 0 Å². The van der Waals surface area contributed by atoms with Crippen LogP contribution in [0.15, 0.2) is 46.1 Å². The molecule has 1 aliphatic rings. The summed E-state index contributed by atoms with van der Waals surface area (Å²) in [7, 11) is 0. The average molecular weight is 187 g/mol. The van der Waals surface area contributed by atoms with E-state index >= 15 is 0 Å². The summed E-state index contributed by atoms with van der Waals surface area (Å²) >= 11 is 0. The summed E-state index contributed by atoms with van der Waals surface area (Å²) in [5.41, 5.74) is 7.41. The van der Waals surface area contributed by atoms with Gasteiger partial charge in [0.25, 0.3) is 5.91 Å². The summed E-state index contributed by atoms with van der Waals surface area (Å²) in [5.74, 6) is -0.327. The summed E-state index contributed by atoms with van der Waals surface area (Å²) in [6.45, 7) is 0.177. The Labute approximate surface area is 81.1 Å². The van der Waals surface area contributed by atoms with Gasteiger partial charge in [-0.2, -0.15) is 0 Å². The summed E-state index contributed by atoms with van der Waals surface area (Å²) in [4.78, 5) is 11.2. The van der Waals surface area contributed by atoms with Crippen molar-refractivity contribution in [3.05, 3.63) is 41.5 Å². The lowest BCUT2D eigenvalue weighted by atomic mass is 10.1. The zero-order valence-corrected chi connectivity index (χ0v) is 7.47. The van der Waals surface area contributed by atoms with Gasteiger partial charge in [-0.25, -0.2) is 0 Å². The van der Waals surface area contributed by atoms with Crippen LogP contribution in [-0.2, 0) is 4.79 Å². The van der Waals surface area contributed by atoms with E-state index in [0.29, 0.717) is 11.3 Å². The van der Waals surface area contributed by atoms with Gasteiger partial charge in [0.05, 0.1) is 5.57 Å². The van der Waals surface area contributed by atoms with Gasteiger partial charge in [-0.05, 0) is 0 Å². The largest absolute Gasteiger partial charge is 0.326 e. The van der Waals surface area contributed by atoms with Gasteiger partial charge in [-0.1, -0.05) is 30.3 Å². The molecule has 4 heteroatoms. The average Bonchev–Trinajstić information content (AvgIpc) is 2.61. The zero-order valence-electron chi connectivity index (χ0n) is 7.47. The van der Waals surface area contributed by atoms with E-state index in [1.807, 2.05) is 30.3 Å². The fraction of sp³-hybridized carbons (Fsp3) is 0.100. The highest BCUT2D eigenvalue weighted by Crippen LogP contribution is 2.25. The fourth-order valence-electron chi connectivity index (χ4n) is 1.33. The highest BCUT2D eigenvalue weighted by Gasteiger charge is 2.20. The normalized spacial score (nSPS) is 15.4. The molecule has 1 heterocycles. The molecule has 2 rings (SSSR count). The van der Waals surface area contributed by atoms with Crippen molar-refractivity contribution in [1.82, 2.24) is 0 Å². The second-order valence-corrected chi connectivity index (χ2v) is 2.90. The molecular formula is C10H9N3O. The molecule has 0 spiro atoms. The number of rotatable bonds is 2. The highest BCUT2D eigenvalue weighted by atomic mass is 16.2. The van der Waals surface area contributed by atoms with Gasteiger partial charge in [0.2, 0.25) is 0 Å². The number of carbonyl (C=O) groups excluding carboxylic acids is 1. The van der Waals surface area contributed by atoms with Gasteiger partial charge in [0.15, 0.2) is 0 Å². The van der Waals surface area contributed by atoms with Crippen LogP contribution in [0.25, 0.3) is 5.70 Å². The molecule has 2 N–H and O–H groups in total. The molecular weight excluding hydrogens is 178 g/mol. The van der Waals surface area contributed by atoms with Crippen molar-refractivity contribution < 1.29 is 4.79 Å². The molecule has 0 saturated carbocycles. The Morgan fingerprint density at radius 1 is 1.14 bits per heavy atom. The predicted molar refractivity (Wildman–Crippen MR) is 52.3 cm³/mol. The fourth-order valence-corrected chi connectivity index (χ4v) is 1.33. The van der Waals surface area contributed by atoms with Crippen LogP contribution in [0.5, 0.6) is 0 Å². The van der Waals surface area contributed by atoms with Crippen molar-refractivity contribution in [2.75, 3.05) is 6.54 Å². The molecule has 0 unspecified atom stereocenters. The van der Waals surface area contributed by atoms with E-state index < -0.39 is 0 Å². The van der Waals surface area contributed by atoms with Gasteiger partial charge in [-0.3, -0.25) is 4.79 Å². The van der Waals surface area contributed by atoms with Crippen molar-refractivity contribution in [3.63, 3.8) is 0 Å². The predicted octanol–water partition coefficient (Wildman–Crippen LogP) is 1.35. The first kappa shape index (κ1) is 8.77.